The number of carbonyl (C=O) groups is 1. The first-order valence-corrected chi connectivity index (χ1v) is 4.33. The van der Waals surface area contributed by atoms with Gasteiger partial charge in [0.05, 0.1) is 6.26 Å². The molecule has 0 rings (SSSR count). The summed E-state index contributed by atoms with van der Waals surface area (Å²) in [5.74, 6) is 0. The zero-order chi connectivity index (χ0) is 7.33. The Kier molecular flexibility index (Phi) is 3.41. The molecule has 0 aromatic rings. The van der Waals surface area contributed by atoms with Crippen molar-refractivity contribution in [2.24, 2.45) is 0 Å². The molecule has 9 heavy (non-hydrogen) atoms. The van der Waals surface area contributed by atoms with Crippen LogP contribution in [0.25, 0.3) is 0 Å². The van der Waals surface area contributed by atoms with Crippen molar-refractivity contribution in [3.8, 4) is 0 Å². The summed E-state index contributed by atoms with van der Waals surface area (Å²) in [6, 6.07) is 0. The smallest absolute Gasteiger partial charge is 0.208 e. The fourth-order valence-corrected chi connectivity index (χ4v) is 0.792. The van der Waals surface area contributed by atoms with Crippen LogP contribution in [-0.4, -0.2) is 27.5 Å². The van der Waals surface area contributed by atoms with Gasteiger partial charge in [0.1, 0.15) is 6.29 Å². The van der Waals surface area contributed by atoms with Crippen LogP contribution in [0.3, 0.4) is 0 Å². The van der Waals surface area contributed by atoms with Gasteiger partial charge in [0.2, 0.25) is 10.0 Å². The molecule has 0 unspecified atom stereocenters. The summed E-state index contributed by atoms with van der Waals surface area (Å²) < 4.78 is 22.7. The molecular weight excluding hydrogens is 142 g/mol. The van der Waals surface area contributed by atoms with Crippen LogP contribution in [0.2, 0.25) is 0 Å². The number of nitrogens with one attached hydrogen (secondary N) is 1. The maximum absolute atomic E-state index is 10.3. The van der Waals surface area contributed by atoms with Crippen LogP contribution in [0, 0.1) is 0 Å². The van der Waals surface area contributed by atoms with Crippen LogP contribution in [0.15, 0.2) is 0 Å². The van der Waals surface area contributed by atoms with Crippen molar-refractivity contribution in [3.05, 3.63) is 0 Å². The lowest BCUT2D eigenvalue weighted by atomic mass is 10.5. The van der Waals surface area contributed by atoms with E-state index in [-0.39, 0.29) is 13.0 Å². The molecule has 0 aromatic carbocycles. The molecule has 0 radical (unpaired) electrons. The normalized spacial score (nSPS) is 11.2. The molecule has 0 aliphatic carbocycles. The Hall–Kier alpha value is -0.420. The highest BCUT2D eigenvalue weighted by molar-refractivity contribution is 7.88. The van der Waals surface area contributed by atoms with E-state index in [2.05, 4.69) is 4.72 Å². The van der Waals surface area contributed by atoms with Crippen LogP contribution in [0.1, 0.15) is 6.42 Å². The number of sulfonamides is 1. The van der Waals surface area contributed by atoms with Gasteiger partial charge in [0, 0.05) is 13.0 Å². The molecular formula is C4H9NO3S. The summed E-state index contributed by atoms with van der Waals surface area (Å²) in [5, 5.41) is 0. The second-order valence-corrected chi connectivity index (χ2v) is 3.45. The Balaban J connectivity index is 3.40. The van der Waals surface area contributed by atoms with Gasteiger partial charge in [0.15, 0.2) is 0 Å². The summed E-state index contributed by atoms with van der Waals surface area (Å²) in [7, 11) is -3.11. The van der Waals surface area contributed by atoms with E-state index >= 15 is 0 Å². The Morgan fingerprint density at radius 3 is 2.44 bits per heavy atom. The molecule has 0 aliphatic heterocycles. The number of hydrogen-bond acceptors (Lipinski definition) is 3. The van der Waals surface area contributed by atoms with Crippen molar-refractivity contribution in [1.82, 2.24) is 4.72 Å². The van der Waals surface area contributed by atoms with Gasteiger partial charge in [-0.3, -0.25) is 0 Å². The van der Waals surface area contributed by atoms with E-state index in [1.165, 1.54) is 0 Å². The van der Waals surface area contributed by atoms with Crippen molar-refractivity contribution in [2.45, 2.75) is 6.42 Å². The predicted octanol–water partition coefficient (Wildman–Crippen LogP) is -0.875. The van der Waals surface area contributed by atoms with Gasteiger partial charge < -0.3 is 4.79 Å². The molecule has 0 aromatic heterocycles. The molecule has 4 nitrogen and oxygen atoms in total. The first-order valence-electron chi connectivity index (χ1n) is 2.44. The summed E-state index contributed by atoms with van der Waals surface area (Å²) in [4.78, 5) is 9.66. The first kappa shape index (κ1) is 8.58. The minimum Gasteiger partial charge on any atom is -0.303 e. The molecule has 54 valence electrons. The first-order chi connectivity index (χ1) is 4.06. The van der Waals surface area contributed by atoms with Crippen LogP contribution in [0.4, 0.5) is 0 Å². The molecule has 0 amide bonds. The van der Waals surface area contributed by atoms with Gasteiger partial charge in [-0.1, -0.05) is 0 Å². The maximum atomic E-state index is 10.3. The van der Waals surface area contributed by atoms with Gasteiger partial charge in [-0.25, -0.2) is 13.1 Å². The Labute approximate surface area is 54.3 Å². The van der Waals surface area contributed by atoms with Crippen LogP contribution >= 0.6 is 0 Å². The van der Waals surface area contributed by atoms with Gasteiger partial charge in [-0.05, 0) is 0 Å². The lowest BCUT2D eigenvalue weighted by Crippen LogP contribution is -2.22. The van der Waals surface area contributed by atoms with E-state index in [1.807, 2.05) is 0 Å². The number of carbonyl (C=O) groups excluding carboxylic acids is 1. The predicted molar refractivity (Wildman–Crippen MR) is 33.5 cm³/mol. The lowest BCUT2D eigenvalue weighted by Gasteiger charge is -1.94. The van der Waals surface area contributed by atoms with Crippen molar-refractivity contribution < 1.29 is 13.2 Å². The minimum absolute atomic E-state index is 0.197. The Morgan fingerprint density at radius 2 is 2.11 bits per heavy atom. The molecule has 0 aliphatic rings. The Bertz CT molecular complexity index is 172. The fraction of sp³-hybridized carbons (Fsp3) is 0.750. The number of aldehydes is 1. The highest BCUT2D eigenvalue weighted by Gasteiger charge is 1.96. The summed E-state index contributed by atoms with van der Waals surface area (Å²) in [5.41, 5.74) is 0. The van der Waals surface area contributed by atoms with E-state index in [4.69, 9.17) is 0 Å². The molecule has 0 saturated carbocycles. The third-order valence-corrected chi connectivity index (χ3v) is 1.35. The molecule has 0 heterocycles. The van der Waals surface area contributed by atoms with E-state index in [0.29, 0.717) is 6.29 Å². The second kappa shape index (κ2) is 3.58. The van der Waals surface area contributed by atoms with Crippen molar-refractivity contribution in [3.63, 3.8) is 0 Å². The lowest BCUT2D eigenvalue weighted by molar-refractivity contribution is -0.107. The summed E-state index contributed by atoms with van der Waals surface area (Å²) >= 11 is 0. The summed E-state index contributed by atoms with van der Waals surface area (Å²) in [6.45, 7) is 0.197. The van der Waals surface area contributed by atoms with Crippen LogP contribution in [-0.2, 0) is 14.8 Å². The monoisotopic (exact) mass is 151 g/mol. The third kappa shape index (κ3) is 7.58. The highest BCUT2D eigenvalue weighted by Crippen LogP contribution is 1.73. The molecule has 0 spiro atoms. The average molecular weight is 151 g/mol. The second-order valence-electron chi connectivity index (χ2n) is 1.62. The van der Waals surface area contributed by atoms with Crippen molar-refractivity contribution in [1.29, 1.82) is 0 Å². The van der Waals surface area contributed by atoms with Gasteiger partial charge in [-0.2, -0.15) is 0 Å². The van der Waals surface area contributed by atoms with Gasteiger partial charge in [-0.15, -0.1) is 0 Å². The maximum Gasteiger partial charge on any atom is 0.208 e. The van der Waals surface area contributed by atoms with Gasteiger partial charge >= 0.3 is 0 Å². The molecule has 0 atom stereocenters. The van der Waals surface area contributed by atoms with E-state index in [1.54, 1.807) is 0 Å². The van der Waals surface area contributed by atoms with Crippen LogP contribution < -0.4 is 4.72 Å². The van der Waals surface area contributed by atoms with E-state index in [9.17, 15) is 13.2 Å². The zero-order valence-electron chi connectivity index (χ0n) is 5.12. The number of rotatable bonds is 4. The largest absolute Gasteiger partial charge is 0.303 e. The van der Waals surface area contributed by atoms with E-state index in [0.717, 1.165) is 6.26 Å². The quantitative estimate of drug-likeness (QED) is 0.419. The van der Waals surface area contributed by atoms with Gasteiger partial charge in [0.25, 0.3) is 0 Å². The molecule has 5 heteroatoms. The summed E-state index contributed by atoms with van der Waals surface area (Å²) in [6.07, 6.45) is 1.95. The zero-order valence-corrected chi connectivity index (χ0v) is 5.94. The molecule has 0 fully saturated rings. The van der Waals surface area contributed by atoms with Crippen molar-refractivity contribution >= 4 is 16.3 Å². The minimum atomic E-state index is -3.11. The fourth-order valence-electron chi connectivity index (χ4n) is 0.303. The van der Waals surface area contributed by atoms with E-state index < -0.39 is 10.0 Å². The SMILES string of the molecule is CS(=O)(=O)NCCC=O. The van der Waals surface area contributed by atoms with Crippen molar-refractivity contribution in [2.75, 3.05) is 12.8 Å². The number of hydrogen-bond donors (Lipinski definition) is 1. The molecule has 1 N–H and O–H groups in total. The average Bonchev–Trinajstić information content (AvgIpc) is 1.63. The molecule has 0 bridgehead atoms. The molecule has 0 saturated heterocycles. The van der Waals surface area contributed by atoms with Crippen LogP contribution in [0.5, 0.6) is 0 Å². The standard InChI is InChI=1S/C4H9NO3S/c1-9(7,8)5-3-2-4-6/h4-5H,2-3H2,1H3. The Morgan fingerprint density at radius 1 is 1.56 bits per heavy atom. The topological polar surface area (TPSA) is 63.2 Å². The third-order valence-electron chi connectivity index (χ3n) is 0.626. The highest BCUT2D eigenvalue weighted by atomic mass is 32.2.